The monoisotopic (exact) mass is 283 g/mol. The molecule has 1 aromatic rings. The zero-order valence-electron chi connectivity index (χ0n) is 11.7. The maximum Gasteiger partial charge on any atom is 0.327 e. The van der Waals surface area contributed by atoms with Crippen molar-refractivity contribution in [2.75, 3.05) is 18.0 Å². The first-order valence-corrected chi connectivity index (χ1v) is 6.34. The molecule has 1 aromatic carbocycles. The second-order valence-corrected chi connectivity index (χ2v) is 4.60. The number of nitro benzene ring substituents is 1. The van der Waals surface area contributed by atoms with E-state index in [4.69, 9.17) is 0 Å². The van der Waals surface area contributed by atoms with Crippen LogP contribution >= 0.6 is 0 Å². The summed E-state index contributed by atoms with van der Waals surface area (Å²) >= 11 is 0. The van der Waals surface area contributed by atoms with Crippen LogP contribution in [0.4, 0.5) is 15.8 Å². The molecule has 7 heteroatoms. The van der Waals surface area contributed by atoms with Crippen molar-refractivity contribution in [3.63, 3.8) is 0 Å². The fourth-order valence-electron chi connectivity index (χ4n) is 1.85. The molecule has 0 unspecified atom stereocenters. The largest absolute Gasteiger partial charge is 0.357 e. The van der Waals surface area contributed by atoms with E-state index in [0.717, 1.165) is 6.07 Å². The van der Waals surface area contributed by atoms with E-state index in [9.17, 15) is 19.3 Å². The van der Waals surface area contributed by atoms with E-state index >= 15 is 0 Å². The molecule has 1 N–H and O–H groups in total. The molecule has 0 atom stereocenters. The summed E-state index contributed by atoms with van der Waals surface area (Å²) in [5.74, 6) is -1.17. The number of nitro groups is 1. The minimum atomic E-state index is -0.907. The smallest absolute Gasteiger partial charge is 0.327 e. The van der Waals surface area contributed by atoms with Crippen molar-refractivity contribution in [1.82, 2.24) is 5.32 Å². The second kappa shape index (κ2) is 6.83. The number of amides is 1. The first-order chi connectivity index (χ1) is 9.36. The molecule has 0 fully saturated rings. The summed E-state index contributed by atoms with van der Waals surface area (Å²) in [6.45, 7) is 5.68. The quantitative estimate of drug-likeness (QED) is 0.640. The molecule has 110 valence electrons. The molecule has 0 aliphatic rings. The Morgan fingerprint density at radius 2 is 2.15 bits per heavy atom. The third-order valence-electron chi connectivity index (χ3n) is 2.65. The van der Waals surface area contributed by atoms with Gasteiger partial charge in [-0.25, -0.2) is 0 Å². The Hall–Kier alpha value is -2.18. The Kier molecular flexibility index (Phi) is 5.42. The Bertz CT molecular complexity index is 506. The van der Waals surface area contributed by atoms with Gasteiger partial charge in [0.1, 0.15) is 5.69 Å². The summed E-state index contributed by atoms with van der Waals surface area (Å²) in [6.07, 6.45) is 0. The number of rotatable bonds is 6. The molecule has 20 heavy (non-hydrogen) atoms. The minimum absolute atomic E-state index is 0.0244. The van der Waals surface area contributed by atoms with Gasteiger partial charge in [-0.15, -0.1) is 0 Å². The highest BCUT2D eigenvalue weighted by atomic mass is 19.1. The van der Waals surface area contributed by atoms with Gasteiger partial charge in [-0.3, -0.25) is 14.9 Å². The van der Waals surface area contributed by atoms with Crippen LogP contribution in [0, 0.1) is 15.9 Å². The number of para-hydroxylation sites is 1. The van der Waals surface area contributed by atoms with Crippen LogP contribution in [-0.4, -0.2) is 30.0 Å². The highest BCUT2D eigenvalue weighted by Gasteiger charge is 2.24. The van der Waals surface area contributed by atoms with Gasteiger partial charge < -0.3 is 10.2 Å². The lowest BCUT2D eigenvalue weighted by atomic mass is 10.2. The topological polar surface area (TPSA) is 75.5 Å². The Morgan fingerprint density at radius 1 is 1.50 bits per heavy atom. The van der Waals surface area contributed by atoms with Gasteiger partial charge in [-0.1, -0.05) is 6.07 Å². The molecule has 0 heterocycles. The maximum atomic E-state index is 13.6. The Labute approximate surface area is 116 Å². The lowest BCUT2D eigenvalue weighted by Crippen LogP contribution is -2.40. The fourth-order valence-corrected chi connectivity index (χ4v) is 1.85. The van der Waals surface area contributed by atoms with Crippen molar-refractivity contribution in [2.24, 2.45) is 0 Å². The standard InChI is InChI=1S/C13H18FN3O3/c1-4-16(8-12(18)15-9(2)3)11-7-5-6-10(14)13(11)17(19)20/h5-7,9H,4,8H2,1-3H3,(H,15,18). The van der Waals surface area contributed by atoms with Gasteiger partial charge in [0.05, 0.1) is 11.5 Å². The number of hydrogen-bond acceptors (Lipinski definition) is 4. The van der Waals surface area contributed by atoms with Crippen LogP contribution in [0.15, 0.2) is 18.2 Å². The van der Waals surface area contributed by atoms with Crippen LogP contribution < -0.4 is 10.2 Å². The summed E-state index contributed by atoms with van der Waals surface area (Å²) < 4.78 is 13.6. The van der Waals surface area contributed by atoms with E-state index in [2.05, 4.69) is 5.32 Å². The van der Waals surface area contributed by atoms with Gasteiger partial charge in [0.25, 0.3) is 0 Å². The average molecular weight is 283 g/mol. The molecule has 0 saturated heterocycles. The number of carbonyl (C=O) groups is 1. The van der Waals surface area contributed by atoms with Gasteiger partial charge >= 0.3 is 5.69 Å². The second-order valence-electron chi connectivity index (χ2n) is 4.60. The van der Waals surface area contributed by atoms with E-state index in [1.54, 1.807) is 6.92 Å². The first kappa shape index (κ1) is 15.9. The molecule has 1 rings (SSSR count). The van der Waals surface area contributed by atoms with E-state index in [-0.39, 0.29) is 24.2 Å². The number of nitrogens with one attached hydrogen (secondary N) is 1. The van der Waals surface area contributed by atoms with Crippen LogP contribution in [0.2, 0.25) is 0 Å². The van der Waals surface area contributed by atoms with Crippen molar-refractivity contribution in [3.8, 4) is 0 Å². The Balaban J connectivity index is 3.04. The van der Waals surface area contributed by atoms with Crippen LogP contribution in [0.1, 0.15) is 20.8 Å². The summed E-state index contributed by atoms with van der Waals surface area (Å²) in [5.41, 5.74) is -0.497. The highest BCUT2D eigenvalue weighted by Crippen LogP contribution is 2.30. The van der Waals surface area contributed by atoms with Crippen molar-refractivity contribution < 1.29 is 14.1 Å². The van der Waals surface area contributed by atoms with E-state index in [0.29, 0.717) is 6.54 Å². The number of halogens is 1. The summed E-state index contributed by atoms with van der Waals surface area (Å²) in [7, 11) is 0. The number of likely N-dealkylation sites (N-methyl/N-ethyl adjacent to an activating group) is 1. The lowest BCUT2D eigenvalue weighted by Gasteiger charge is -2.22. The summed E-state index contributed by atoms with van der Waals surface area (Å²) in [6, 6.07) is 3.83. The number of nitrogens with zero attached hydrogens (tertiary/aromatic N) is 2. The zero-order chi connectivity index (χ0) is 15.3. The summed E-state index contributed by atoms with van der Waals surface area (Å²) in [5, 5.41) is 13.7. The van der Waals surface area contributed by atoms with Crippen LogP contribution in [0.3, 0.4) is 0 Å². The molecular weight excluding hydrogens is 265 g/mol. The van der Waals surface area contributed by atoms with Gasteiger partial charge in [-0.05, 0) is 32.9 Å². The minimum Gasteiger partial charge on any atom is -0.357 e. The van der Waals surface area contributed by atoms with Crippen LogP contribution in [0.5, 0.6) is 0 Å². The fraction of sp³-hybridized carbons (Fsp3) is 0.462. The zero-order valence-corrected chi connectivity index (χ0v) is 11.7. The lowest BCUT2D eigenvalue weighted by molar-refractivity contribution is -0.386. The van der Waals surface area contributed by atoms with Crippen molar-refractivity contribution in [2.45, 2.75) is 26.8 Å². The van der Waals surface area contributed by atoms with Crippen LogP contribution in [-0.2, 0) is 4.79 Å². The van der Waals surface area contributed by atoms with Crippen molar-refractivity contribution in [3.05, 3.63) is 34.1 Å². The Morgan fingerprint density at radius 3 is 2.65 bits per heavy atom. The number of anilines is 1. The predicted molar refractivity (Wildman–Crippen MR) is 74.2 cm³/mol. The van der Waals surface area contributed by atoms with E-state index < -0.39 is 16.4 Å². The third kappa shape index (κ3) is 3.91. The maximum absolute atomic E-state index is 13.6. The third-order valence-corrected chi connectivity index (χ3v) is 2.65. The first-order valence-electron chi connectivity index (χ1n) is 6.34. The normalized spacial score (nSPS) is 10.4. The molecule has 0 bridgehead atoms. The average Bonchev–Trinajstić information content (AvgIpc) is 2.34. The molecule has 6 nitrogen and oxygen atoms in total. The van der Waals surface area contributed by atoms with E-state index in [1.807, 2.05) is 13.8 Å². The number of hydrogen-bond donors (Lipinski definition) is 1. The highest BCUT2D eigenvalue weighted by molar-refractivity contribution is 5.82. The number of carbonyl (C=O) groups excluding carboxylic acids is 1. The molecule has 0 spiro atoms. The molecule has 0 radical (unpaired) electrons. The number of benzene rings is 1. The molecule has 0 aliphatic carbocycles. The molecular formula is C13H18FN3O3. The molecule has 0 aromatic heterocycles. The van der Waals surface area contributed by atoms with Crippen molar-refractivity contribution in [1.29, 1.82) is 0 Å². The molecule has 1 amide bonds. The molecule has 0 aliphatic heterocycles. The van der Waals surface area contributed by atoms with Gasteiger partial charge in [0.2, 0.25) is 11.7 Å². The van der Waals surface area contributed by atoms with Gasteiger partial charge in [0, 0.05) is 12.6 Å². The van der Waals surface area contributed by atoms with Gasteiger partial charge in [-0.2, -0.15) is 4.39 Å². The van der Waals surface area contributed by atoms with E-state index in [1.165, 1.54) is 17.0 Å². The molecule has 0 saturated carbocycles. The summed E-state index contributed by atoms with van der Waals surface area (Å²) in [4.78, 5) is 23.4. The van der Waals surface area contributed by atoms with Crippen LogP contribution in [0.25, 0.3) is 0 Å². The van der Waals surface area contributed by atoms with Crippen molar-refractivity contribution >= 4 is 17.3 Å². The SMILES string of the molecule is CCN(CC(=O)NC(C)C)c1cccc(F)c1[N+](=O)[O-]. The van der Waals surface area contributed by atoms with Gasteiger partial charge in [0.15, 0.2) is 0 Å². The predicted octanol–water partition coefficient (Wildman–Crippen LogP) is 2.08.